The standard InChI is InChI=1S/C26H21F3N6O3/c1-25(28,29)11-34-19-6-12(2-3-17(19)26(4-5-26)23(34)37)13-7-14(13)15-8-18(16-9-31-24(38)32-22(16)36)33-35-20(27)10-30-21(15)35/h2-3,6,8-10,13-14H,4-5,7,11H2,1H3,(H2,31,32,36,38)/t13-,14?/m1/s1. The second kappa shape index (κ2) is 7.42. The predicted octanol–water partition coefficient (Wildman–Crippen LogP) is 3.22. The van der Waals surface area contributed by atoms with Gasteiger partial charge in [0.15, 0.2) is 5.65 Å². The number of halogens is 3. The number of rotatable bonds is 5. The average Bonchev–Trinajstić information content (AvgIpc) is 3.77. The van der Waals surface area contributed by atoms with Crippen molar-refractivity contribution in [3.05, 3.63) is 80.1 Å². The van der Waals surface area contributed by atoms with Gasteiger partial charge in [-0.1, -0.05) is 12.1 Å². The molecule has 4 aromatic rings. The summed E-state index contributed by atoms with van der Waals surface area (Å²) in [5.74, 6) is -4.13. The SMILES string of the molecule is CC(F)(F)CN1C(=O)C2(CC2)c2ccc([C@H]3CC3c3cc(-c4c[nH]c(=O)[nH]c4=O)nn4c(F)cnc34)cc21. The topological polar surface area (TPSA) is 116 Å². The minimum absolute atomic E-state index is 0.0252. The molecule has 2 N–H and O–H groups in total. The lowest BCUT2D eigenvalue weighted by Crippen LogP contribution is -2.39. The maximum Gasteiger partial charge on any atom is 0.325 e. The third kappa shape index (κ3) is 3.35. The maximum absolute atomic E-state index is 14.5. The summed E-state index contributed by atoms with van der Waals surface area (Å²) in [6.45, 7) is 0.134. The highest BCUT2D eigenvalue weighted by atomic mass is 19.3. The van der Waals surface area contributed by atoms with E-state index in [0.717, 1.165) is 28.8 Å². The molecule has 1 spiro atoms. The Kier molecular flexibility index (Phi) is 4.48. The number of aromatic nitrogens is 5. The Morgan fingerprint density at radius 3 is 2.66 bits per heavy atom. The smallest absolute Gasteiger partial charge is 0.313 e. The molecule has 0 bridgehead atoms. The van der Waals surface area contributed by atoms with E-state index in [1.165, 1.54) is 11.1 Å². The Bertz CT molecular complexity index is 1780. The van der Waals surface area contributed by atoms with Crippen LogP contribution in [0.2, 0.25) is 0 Å². The first kappa shape index (κ1) is 22.9. The highest BCUT2D eigenvalue weighted by Gasteiger charge is 2.60. The molecule has 7 rings (SSSR count). The molecule has 12 heteroatoms. The van der Waals surface area contributed by atoms with Crippen LogP contribution >= 0.6 is 0 Å². The molecular formula is C26H21F3N6O3. The van der Waals surface area contributed by atoms with Crippen LogP contribution in [0.3, 0.4) is 0 Å². The summed E-state index contributed by atoms with van der Waals surface area (Å²) in [7, 11) is 0. The Labute approximate surface area is 212 Å². The van der Waals surface area contributed by atoms with Crippen molar-refractivity contribution < 1.29 is 18.0 Å². The summed E-state index contributed by atoms with van der Waals surface area (Å²) in [5, 5.41) is 4.21. The molecule has 0 saturated heterocycles. The van der Waals surface area contributed by atoms with Crippen molar-refractivity contribution >= 4 is 17.2 Å². The van der Waals surface area contributed by atoms with Crippen LogP contribution in [0.4, 0.5) is 18.9 Å². The van der Waals surface area contributed by atoms with Crippen LogP contribution < -0.4 is 16.1 Å². The lowest BCUT2D eigenvalue weighted by Gasteiger charge is -2.22. The number of benzene rings is 1. The molecule has 194 valence electrons. The third-order valence-electron chi connectivity index (χ3n) is 7.84. The lowest BCUT2D eigenvalue weighted by molar-refractivity contribution is -0.121. The van der Waals surface area contributed by atoms with Gasteiger partial charge in [0, 0.05) is 24.4 Å². The number of carbonyl (C=O) groups excluding carboxylic acids is 1. The molecule has 0 radical (unpaired) electrons. The second-order valence-corrected chi connectivity index (χ2v) is 10.6. The fourth-order valence-electron chi connectivity index (χ4n) is 5.81. The number of imidazole rings is 1. The highest BCUT2D eigenvalue weighted by Crippen LogP contribution is 2.60. The molecule has 2 fully saturated rings. The number of nitrogens with zero attached hydrogens (tertiary/aromatic N) is 4. The summed E-state index contributed by atoms with van der Waals surface area (Å²) in [6.07, 6.45) is 4.26. The quantitative estimate of drug-likeness (QED) is 0.418. The molecular weight excluding hydrogens is 501 g/mol. The molecule has 3 aromatic heterocycles. The number of aromatic amines is 2. The first-order chi connectivity index (χ1) is 18.1. The maximum atomic E-state index is 14.5. The van der Waals surface area contributed by atoms with E-state index in [4.69, 9.17) is 0 Å². The third-order valence-corrected chi connectivity index (χ3v) is 7.84. The van der Waals surface area contributed by atoms with Gasteiger partial charge in [-0.2, -0.15) is 14.0 Å². The summed E-state index contributed by atoms with van der Waals surface area (Å²) in [4.78, 5) is 46.8. The van der Waals surface area contributed by atoms with Gasteiger partial charge in [-0.3, -0.25) is 14.6 Å². The van der Waals surface area contributed by atoms with Gasteiger partial charge in [0.2, 0.25) is 11.9 Å². The normalized spacial score (nSPS) is 21.4. The molecule has 2 aliphatic carbocycles. The summed E-state index contributed by atoms with van der Waals surface area (Å²) in [5.41, 5.74) is 1.41. The van der Waals surface area contributed by atoms with Crippen molar-refractivity contribution in [1.29, 1.82) is 0 Å². The van der Waals surface area contributed by atoms with Gasteiger partial charge >= 0.3 is 5.69 Å². The Morgan fingerprint density at radius 1 is 1.16 bits per heavy atom. The van der Waals surface area contributed by atoms with Crippen LogP contribution in [-0.4, -0.2) is 42.9 Å². The molecule has 2 saturated carbocycles. The van der Waals surface area contributed by atoms with Gasteiger partial charge in [-0.05, 0) is 54.4 Å². The Hall–Kier alpha value is -4.22. The van der Waals surface area contributed by atoms with Crippen molar-refractivity contribution in [3.63, 3.8) is 0 Å². The van der Waals surface area contributed by atoms with Crippen LogP contribution in [0, 0.1) is 5.95 Å². The number of alkyl halides is 2. The second-order valence-electron chi connectivity index (χ2n) is 10.6. The largest absolute Gasteiger partial charge is 0.325 e. The van der Waals surface area contributed by atoms with Gasteiger partial charge in [0.05, 0.1) is 29.4 Å². The van der Waals surface area contributed by atoms with Crippen molar-refractivity contribution in [2.45, 2.75) is 49.4 Å². The summed E-state index contributed by atoms with van der Waals surface area (Å²) < 4.78 is 43.5. The molecule has 4 heterocycles. The number of fused-ring (bicyclic) bond motifs is 3. The lowest BCUT2D eigenvalue weighted by atomic mass is 9.95. The number of H-pyrrole nitrogens is 2. The average molecular weight is 522 g/mol. The van der Waals surface area contributed by atoms with Crippen molar-refractivity contribution in [2.24, 2.45) is 0 Å². The van der Waals surface area contributed by atoms with Gasteiger partial charge in [0.1, 0.15) is 0 Å². The molecule has 9 nitrogen and oxygen atoms in total. The molecule has 1 unspecified atom stereocenters. The summed E-state index contributed by atoms with van der Waals surface area (Å²) in [6, 6.07) is 7.30. The predicted molar refractivity (Wildman–Crippen MR) is 130 cm³/mol. The van der Waals surface area contributed by atoms with Crippen LogP contribution in [0.5, 0.6) is 0 Å². The highest BCUT2D eigenvalue weighted by molar-refractivity contribution is 6.10. The Balaban J connectivity index is 1.28. The number of carbonyl (C=O) groups is 1. The van der Waals surface area contributed by atoms with Crippen LogP contribution in [0.15, 0.2) is 46.2 Å². The number of amides is 1. The van der Waals surface area contributed by atoms with Crippen LogP contribution in [0.1, 0.15) is 54.7 Å². The first-order valence-corrected chi connectivity index (χ1v) is 12.3. The number of anilines is 1. The van der Waals surface area contributed by atoms with Gasteiger partial charge < -0.3 is 9.88 Å². The number of hydrogen-bond acceptors (Lipinski definition) is 5. The van der Waals surface area contributed by atoms with E-state index in [9.17, 15) is 27.6 Å². The van der Waals surface area contributed by atoms with E-state index in [0.29, 0.717) is 36.2 Å². The zero-order valence-electron chi connectivity index (χ0n) is 20.1. The fraction of sp³-hybridized carbons (Fsp3) is 0.346. The molecule has 1 aromatic carbocycles. The minimum atomic E-state index is -3.03. The minimum Gasteiger partial charge on any atom is -0.313 e. The van der Waals surface area contributed by atoms with Crippen molar-refractivity contribution in [1.82, 2.24) is 24.6 Å². The van der Waals surface area contributed by atoms with E-state index < -0.39 is 35.1 Å². The molecule has 3 aliphatic rings. The van der Waals surface area contributed by atoms with Crippen LogP contribution in [0.25, 0.3) is 16.9 Å². The van der Waals surface area contributed by atoms with Crippen LogP contribution in [-0.2, 0) is 10.2 Å². The van der Waals surface area contributed by atoms with E-state index in [2.05, 4.69) is 20.1 Å². The number of hydrogen-bond donors (Lipinski definition) is 2. The fourth-order valence-corrected chi connectivity index (χ4v) is 5.81. The molecule has 1 aliphatic heterocycles. The Morgan fingerprint density at radius 2 is 1.95 bits per heavy atom. The van der Waals surface area contributed by atoms with E-state index in [1.54, 1.807) is 6.07 Å². The number of nitrogens with one attached hydrogen (secondary N) is 2. The van der Waals surface area contributed by atoms with E-state index in [-0.39, 0.29) is 29.0 Å². The van der Waals surface area contributed by atoms with Gasteiger partial charge in [0.25, 0.3) is 11.5 Å². The monoisotopic (exact) mass is 522 g/mol. The van der Waals surface area contributed by atoms with E-state index in [1.807, 2.05) is 18.2 Å². The first-order valence-electron chi connectivity index (χ1n) is 12.3. The molecule has 2 atom stereocenters. The van der Waals surface area contributed by atoms with Gasteiger partial charge in [-0.25, -0.2) is 18.6 Å². The molecule has 38 heavy (non-hydrogen) atoms. The van der Waals surface area contributed by atoms with Crippen molar-refractivity contribution in [2.75, 3.05) is 11.4 Å². The zero-order valence-corrected chi connectivity index (χ0v) is 20.1. The van der Waals surface area contributed by atoms with Gasteiger partial charge in [-0.15, -0.1) is 0 Å². The van der Waals surface area contributed by atoms with Crippen molar-refractivity contribution in [3.8, 4) is 11.3 Å². The van der Waals surface area contributed by atoms with E-state index >= 15 is 0 Å². The molecule has 1 amide bonds. The summed E-state index contributed by atoms with van der Waals surface area (Å²) >= 11 is 0. The zero-order chi connectivity index (χ0) is 26.6.